The third-order valence-electron chi connectivity index (χ3n) is 6.64. The summed E-state index contributed by atoms with van der Waals surface area (Å²) in [5, 5.41) is 0. The lowest BCUT2D eigenvalue weighted by Gasteiger charge is -2.37. The minimum absolute atomic E-state index is 0.00294. The normalized spacial score (nSPS) is 49.5. The van der Waals surface area contributed by atoms with Crippen molar-refractivity contribution in [3.63, 3.8) is 0 Å². The zero-order chi connectivity index (χ0) is 13.4. The van der Waals surface area contributed by atoms with E-state index in [9.17, 15) is 9.59 Å². The van der Waals surface area contributed by atoms with Crippen LogP contribution < -0.4 is 0 Å². The highest BCUT2D eigenvalue weighted by atomic mass is 16.2. The van der Waals surface area contributed by atoms with Gasteiger partial charge in [0, 0.05) is 6.04 Å². The monoisotopic (exact) mass is 271 g/mol. The van der Waals surface area contributed by atoms with E-state index >= 15 is 0 Å². The maximum absolute atomic E-state index is 12.9. The van der Waals surface area contributed by atoms with Gasteiger partial charge in [0.15, 0.2) is 0 Å². The standard InChI is InChI=1S/C17H21NO2/c19-16-14-10-6-7-11(13-8-12(10)13)15(14)17(20)18(16)9-4-2-1-3-5-9/h6-7,9-15H,1-5,8H2/t10-,11-,12-,13+,14+,15+/m0/s1. The quantitative estimate of drug-likeness (QED) is 0.542. The summed E-state index contributed by atoms with van der Waals surface area (Å²) in [6, 6.07) is 0.213. The van der Waals surface area contributed by atoms with Crippen molar-refractivity contribution in [3.8, 4) is 0 Å². The van der Waals surface area contributed by atoms with Crippen LogP contribution in [0.2, 0.25) is 0 Å². The zero-order valence-electron chi connectivity index (χ0n) is 11.7. The van der Waals surface area contributed by atoms with E-state index in [0.29, 0.717) is 23.7 Å². The third kappa shape index (κ3) is 1.27. The van der Waals surface area contributed by atoms with Crippen molar-refractivity contribution in [1.29, 1.82) is 0 Å². The Labute approximate surface area is 119 Å². The summed E-state index contributed by atoms with van der Waals surface area (Å²) < 4.78 is 0. The second kappa shape index (κ2) is 3.75. The molecule has 6 aliphatic rings. The molecule has 3 nitrogen and oxygen atoms in total. The Morgan fingerprint density at radius 2 is 1.40 bits per heavy atom. The van der Waals surface area contributed by atoms with E-state index in [2.05, 4.69) is 12.2 Å². The highest BCUT2D eigenvalue weighted by Gasteiger charge is 2.67. The van der Waals surface area contributed by atoms with Gasteiger partial charge in [-0.2, -0.15) is 0 Å². The smallest absolute Gasteiger partial charge is 0.233 e. The average Bonchev–Trinajstić information content (AvgIpc) is 3.25. The fraction of sp³-hybridized carbons (Fsp3) is 0.765. The third-order valence-corrected chi connectivity index (χ3v) is 6.64. The van der Waals surface area contributed by atoms with Gasteiger partial charge in [0.1, 0.15) is 0 Å². The molecule has 0 spiro atoms. The molecular formula is C17H21NO2. The molecule has 6 rings (SSSR count). The number of allylic oxidation sites excluding steroid dienone is 2. The predicted molar refractivity (Wildman–Crippen MR) is 73.4 cm³/mol. The van der Waals surface area contributed by atoms with Gasteiger partial charge in [-0.05, 0) is 42.9 Å². The molecule has 3 heteroatoms. The van der Waals surface area contributed by atoms with Crippen LogP contribution >= 0.6 is 0 Å². The Kier molecular flexibility index (Phi) is 2.16. The van der Waals surface area contributed by atoms with Crippen molar-refractivity contribution >= 4 is 11.8 Å². The Morgan fingerprint density at radius 3 is 1.95 bits per heavy atom. The molecular weight excluding hydrogens is 250 g/mol. The first kappa shape index (κ1) is 11.5. The first-order valence-electron chi connectivity index (χ1n) is 8.32. The van der Waals surface area contributed by atoms with Gasteiger partial charge in [0.25, 0.3) is 0 Å². The van der Waals surface area contributed by atoms with Gasteiger partial charge < -0.3 is 0 Å². The van der Waals surface area contributed by atoms with E-state index in [1.165, 1.54) is 25.7 Å². The number of carbonyl (C=O) groups excluding carboxylic acids is 2. The van der Waals surface area contributed by atoms with E-state index in [1.807, 2.05) is 0 Å². The Bertz CT molecular complexity index is 483. The summed E-state index contributed by atoms with van der Waals surface area (Å²) in [6.45, 7) is 0. The molecule has 20 heavy (non-hydrogen) atoms. The minimum atomic E-state index is 0.00294. The maximum Gasteiger partial charge on any atom is 0.233 e. The molecule has 0 radical (unpaired) electrons. The van der Waals surface area contributed by atoms with Gasteiger partial charge in [0.2, 0.25) is 11.8 Å². The van der Waals surface area contributed by atoms with E-state index in [4.69, 9.17) is 0 Å². The number of likely N-dealkylation sites (tertiary alicyclic amines) is 1. The van der Waals surface area contributed by atoms with Gasteiger partial charge in [-0.1, -0.05) is 31.4 Å². The van der Waals surface area contributed by atoms with Crippen molar-refractivity contribution in [2.45, 2.75) is 44.6 Å². The Balaban J connectivity index is 1.50. The number of nitrogens with zero attached hydrogens (tertiary/aromatic N) is 1. The highest BCUT2D eigenvalue weighted by Crippen LogP contribution is 2.65. The first-order chi connectivity index (χ1) is 9.77. The first-order valence-corrected chi connectivity index (χ1v) is 8.32. The number of hydrogen-bond donors (Lipinski definition) is 0. The molecule has 0 aromatic rings. The molecule has 1 heterocycles. The minimum Gasteiger partial charge on any atom is -0.279 e. The predicted octanol–water partition coefficient (Wildman–Crippen LogP) is 2.37. The largest absolute Gasteiger partial charge is 0.279 e. The van der Waals surface area contributed by atoms with E-state index < -0.39 is 0 Å². The van der Waals surface area contributed by atoms with Crippen LogP contribution in [0.4, 0.5) is 0 Å². The molecule has 1 aliphatic heterocycles. The lowest BCUT2D eigenvalue weighted by Crippen LogP contribution is -2.42. The molecule has 2 amide bonds. The number of hydrogen-bond acceptors (Lipinski definition) is 2. The van der Waals surface area contributed by atoms with Crippen LogP contribution in [0.1, 0.15) is 38.5 Å². The summed E-state index contributed by atoms with van der Waals surface area (Å²) in [5.74, 6) is 2.54. The lowest BCUT2D eigenvalue weighted by atomic mass is 9.63. The van der Waals surface area contributed by atoms with Crippen molar-refractivity contribution in [3.05, 3.63) is 12.2 Å². The lowest BCUT2D eigenvalue weighted by molar-refractivity contribution is -0.143. The molecule has 2 bridgehead atoms. The van der Waals surface area contributed by atoms with E-state index in [1.54, 1.807) is 4.90 Å². The number of imide groups is 1. The van der Waals surface area contributed by atoms with Crippen molar-refractivity contribution in [2.24, 2.45) is 35.5 Å². The van der Waals surface area contributed by atoms with Crippen LogP contribution in [-0.4, -0.2) is 22.8 Å². The summed E-state index contributed by atoms with van der Waals surface area (Å²) in [6.07, 6.45) is 11.4. The van der Waals surface area contributed by atoms with Crippen LogP contribution in [0.15, 0.2) is 12.2 Å². The Hall–Kier alpha value is -1.12. The van der Waals surface area contributed by atoms with Crippen molar-refractivity contribution in [2.75, 3.05) is 0 Å². The summed E-state index contributed by atoms with van der Waals surface area (Å²) >= 11 is 0. The average molecular weight is 271 g/mol. The zero-order valence-corrected chi connectivity index (χ0v) is 11.7. The van der Waals surface area contributed by atoms with Crippen LogP contribution in [-0.2, 0) is 9.59 Å². The highest BCUT2D eigenvalue weighted by molar-refractivity contribution is 6.06. The van der Waals surface area contributed by atoms with Crippen molar-refractivity contribution < 1.29 is 9.59 Å². The van der Waals surface area contributed by atoms with Gasteiger partial charge >= 0.3 is 0 Å². The fourth-order valence-electron chi connectivity index (χ4n) is 5.68. The topological polar surface area (TPSA) is 37.4 Å². The SMILES string of the molecule is O=C1[C@@H]2[C@H]3C=C[C@@H]([C@@H]4C[C@H]34)[C@H]2C(=O)N1C1CCCCC1. The van der Waals surface area contributed by atoms with Gasteiger partial charge in [-0.15, -0.1) is 0 Å². The summed E-state index contributed by atoms with van der Waals surface area (Å²) in [7, 11) is 0. The molecule has 0 aromatic carbocycles. The maximum atomic E-state index is 12.9. The van der Waals surface area contributed by atoms with Gasteiger partial charge in [0.05, 0.1) is 11.8 Å². The molecule has 106 valence electrons. The molecule has 5 aliphatic carbocycles. The van der Waals surface area contributed by atoms with E-state index in [0.717, 1.165) is 12.8 Å². The molecule has 3 saturated carbocycles. The number of carbonyl (C=O) groups is 2. The van der Waals surface area contributed by atoms with Crippen LogP contribution in [0.5, 0.6) is 0 Å². The van der Waals surface area contributed by atoms with Crippen LogP contribution in [0.25, 0.3) is 0 Å². The fourth-order valence-corrected chi connectivity index (χ4v) is 5.68. The Morgan fingerprint density at radius 1 is 0.850 bits per heavy atom. The second-order valence-electron chi connectivity index (χ2n) is 7.49. The van der Waals surface area contributed by atoms with Gasteiger partial charge in [-0.3, -0.25) is 14.5 Å². The second-order valence-corrected chi connectivity index (χ2v) is 7.49. The molecule has 4 fully saturated rings. The van der Waals surface area contributed by atoms with Gasteiger partial charge in [-0.25, -0.2) is 0 Å². The molecule has 0 N–H and O–H groups in total. The number of amides is 2. The van der Waals surface area contributed by atoms with E-state index in [-0.39, 0.29) is 29.7 Å². The molecule has 0 aromatic heterocycles. The molecule has 1 saturated heterocycles. The van der Waals surface area contributed by atoms with Crippen LogP contribution in [0.3, 0.4) is 0 Å². The van der Waals surface area contributed by atoms with Crippen molar-refractivity contribution in [1.82, 2.24) is 4.90 Å². The summed E-state index contributed by atoms with van der Waals surface area (Å²) in [5.41, 5.74) is 0. The molecule has 0 unspecified atom stereocenters. The molecule has 6 atom stereocenters. The summed E-state index contributed by atoms with van der Waals surface area (Å²) in [4.78, 5) is 27.5. The number of rotatable bonds is 1. The van der Waals surface area contributed by atoms with Crippen LogP contribution in [0, 0.1) is 35.5 Å².